The second kappa shape index (κ2) is 6.70. The molecule has 0 radical (unpaired) electrons. The summed E-state index contributed by atoms with van der Waals surface area (Å²) in [6.45, 7) is 6.08. The Kier molecular flexibility index (Phi) is 4.61. The molecular formula is C19H23N3O3. The first-order valence-corrected chi connectivity index (χ1v) is 8.60. The zero-order valence-electron chi connectivity index (χ0n) is 14.8. The van der Waals surface area contributed by atoms with Gasteiger partial charge in [0.05, 0.1) is 5.69 Å². The minimum Gasteiger partial charge on any atom is -0.361 e. The van der Waals surface area contributed by atoms with Crippen molar-refractivity contribution in [3.8, 4) is 0 Å². The summed E-state index contributed by atoms with van der Waals surface area (Å²) in [5.74, 6) is 0.573. The summed E-state index contributed by atoms with van der Waals surface area (Å²) >= 11 is 0. The molecule has 2 aromatic rings. The lowest BCUT2D eigenvalue weighted by molar-refractivity contribution is -0.131. The van der Waals surface area contributed by atoms with Crippen LogP contribution in [0.5, 0.6) is 0 Å². The Bertz CT molecular complexity index is 799. The van der Waals surface area contributed by atoms with Gasteiger partial charge in [0.15, 0.2) is 0 Å². The monoisotopic (exact) mass is 341 g/mol. The van der Waals surface area contributed by atoms with Crippen LogP contribution >= 0.6 is 0 Å². The molecule has 0 unspecified atom stereocenters. The van der Waals surface area contributed by atoms with E-state index < -0.39 is 5.54 Å². The van der Waals surface area contributed by atoms with Crippen molar-refractivity contribution in [3.63, 3.8) is 0 Å². The fourth-order valence-corrected chi connectivity index (χ4v) is 3.27. The van der Waals surface area contributed by atoms with Crippen LogP contribution in [-0.4, -0.2) is 28.5 Å². The average Bonchev–Trinajstić information content (AvgIpc) is 3.13. The van der Waals surface area contributed by atoms with Gasteiger partial charge in [-0.25, -0.2) is 4.79 Å². The third-order valence-corrected chi connectivity index (χ3v) is 4.73. The van der Waals surface area contributed by atoms with Crippen LogP contribution in [0.1, 0.15) is 42.8 Å². The highest BCUT2D eigenvalue weighted by Gasteiger charge is 2.49. The van der Waals surface area contributed by atoms with Gasteiger partial charge in [-0.2, -0.15) is 0 Å². The first-order valence-electron chi connectivity index (χ1n) is 8.60. The van der Waals surface area contributed by atoms with Gasteiger partial charge in [0.25, 0.3) is 5.91 Å². The molecule has 6 nitrogen and oxygen atoms in total. The highest BCUT2D eigenvalue weighted by Crippen LogP contribution is 2.31. The van der Waals surface area contributed by atoms with Crippen molar-refractivity contribution in [2.24, 2.45) is 0 Å². The molecule has 1 aliphatic rings. The number of nitrogens with zero attached hydrogens (tertiary/aromatic N) is 2. The fraction of sp³-hybridized carbons (Fsp3) is 0.421. The lowest BCUT2D eigenvalue weighted by atomic mass is 9.88. The summed E-state index contributed by atoms with van der Waals surface area (Å²) in [7, 11) is 0. The van der Waals surface area contributed by atoms with Gasteiger partial charge < -0.3 is 9.84 Å². The number of carbonyl (C=O) groups is 2. The van der Waals surface area contributed by atoms with E-state index in [9.17, 15) is 9.59 Å². The summed E-state index contributed by atoms with van der Waals surface area (Å²) in [6.07, 6.45) is 2.11. The van der Waals surface area contributed by atoms with Crippen molar-refractivity contribution in [2.75, 3.05) is 6.54 Å². The van der Waals surface area contributed by atoms with Crippen molar-refractivity contribution in [3.05, 3.63) is 52.9 Å². The standard InChI is InChI=1S/C19H23N3O3/c1-4-14-12-15(25-21-14)9-7-11-22-17(23)19(3,20-18(22)24)16-10-6-5-8-13(16)2/h5-6,8,10,12H,4,7,9,11H2,1-3H3,(H,20,24)/t19-/m0/s1. The third-order valence-electron chi connectivity index (χ3n) is 4.73. The maximum absolute atomic E-state index is 12.9. The van der Waals surface area contributed by atoms with E-state index in [0.29, 0.717) is 19.4 Å². The van der Waals surface area contributed by atoms with Gasteiger partial charge in [0.1, 0.15) is 11.3 Å². The third kappa shape index (κ3) is 3.16. The number of aryl methyl sites for hydroxylation is 3. The molecule has 0 aliphatic carbocycles. The van der Waals surface area contributed by atoms with E-state index >= 15 is 0 Å². The van der Waals surface area contributed by atoms with E-state index in [4.69, 9.17) is 4.52 Å². The molecule has 3 rings (SSSR count). The van der Waals surface area contributed by atoms with E-state index in [1.54, 1.807) is 6.92 Å². The molecule has 25 heavy (non-hydrogen) atoms. The number of nitrogens with one attached hydrogen (secondary N) is 1. The number of benzene rings is 1. The fourth-order valence-electron chi connectivity index (χ4n) is 3.27. The molecule has 132 valence electrons. The molecule has 3 amide bonds. The molecule has 1 N–H and O–H groups in total. The van der Waals surface area contributed by atoms with Gasteiger partial charge in [-0.1, -0.05) is 36.3 Å². The Morgan fingerprint density at radius 3 is 2.72 bits per heavy atom. The largest absolute Gasteiger partial charge is 0.361 e. The Morgan fingerprint density at radius 1 is 1.28 bits per heavy atom. The SMILES string of the molecule is CCc1cc(CCCN2C(=O)N[C@@](C)(c3ccccc3C)C2=O)on1. The number of amides is 3. The van der Waals surface area contributed by atoms with Crippen LogP contribution in [0.2, 0.25) is 0 Å². The lowest BCUT2D eigenvalue weighted by Gasteiger charge is -2.24. The predicted octanol–water partition coefficient (Wildman–Crippen LogP) is 2.95. The zero-order valence-corrected chi connectivity index (χ0v) is 14.8. The van der Waals surface area contributed by atoms with Crippen LogP contribution in [-0.2, 0) is 23.2 Å². The van der Waals surface area contributed by atoms with E-state index in [1.807, 2.05) is 44.2 Å². The Labute approximate surface area is 147 Å². The van der Waals surface area contributed by atoms with E-state index in [-0.39, 0.29) is 11.9 Å². The molecule has 1 atom stereocenters. The maximum Gasteiger partial charge on any atom is 0.325 e. The summed E-state index contributed by atoms with van der Waals surface area (Å²) in [4.78, 5) is 26.5. The van der Waals surface area contributed by atoms with Gasteiger partial charge in [-0.3, -0.25) is 9.69 Å². The average molecular weight is 341 g/mol. The summed E-state index contributed by atoms with van der Waals surface area (Å²) in [5, 5.41) is 6.80. The van der Waals surface area contributed by atoms with Crippen molar-refractivity contribution >= 4 is 11.9 Å². The number of hydrogen-bond acceptors (Lipinski definition) is 4. The minimum absolute atomic E-state index is 0.210. The number of carbonyl (C=O) groups excluding carboxylic acids is 2. The van der Waals surface area contributed by atoms with Crippen LogP contribution in [0.15, 0.2) is 34.9 Å². The number of aromatic nitrogens is 1. The molecule has 6 heteroatoms. The summed E-state index contributed by atoms with van der Waals surface area (Å²) < 4.78 is 5.25. The van der Waals surface area contributed by atoms with Crippen LogP contribution in [0.4, 0.5) is 4.79 Å². The van der Waals surface area contributed by atoms with Gasteiger partial charge in [0.2, 0.25) is 0 Å². The minimum atomic E-state index is -1.01. The normalized spacial score (nSPS) is 20.2. The van der Waals surface area contributed by atoms with Crippen LogP contribution in [0.3, 0.4) is 0 Å². The molecule has 1 fully saturated rings. The first-order chi connectivity index (χ1) is 12.0. The lowest BCUT2D eigenvalue weighted by Crippen LogP contribution is -2.41. The second-order valence-corrected chi connectivity index (χ2v) is 6.57. The maximum atomic E-state index is 12.9. The smallest absolute Gasteiger partial charge is 0.325 e. The predicted molar refractivity (Wildman–Crippen MR) is 93.0 cm³/mol. The van der Waals surface area contributed by atoms with E-state index in [0.717, 1.165) is 29.0 Å². The first kappa shape index (κ1) is 17.2. The van der Waals surface area contributed by atoms with Gasteiger partial charge in [-0.05, 0) is 37.8 Å². The quantitative estimate of drug-likeness (QED) is 0.820. The molecule has 0 saturated carbocycles. The van der Waals surface area contributed by atoms with Crippen LogP contribution in [0.25, 0.3) is 0 Å². The van der Waals surface area contributed by atoms with E-state index in [1.165, 1.54) is 4.90 Å². The van der Waals surface area contributed by atoms with Crippen molar-refractivity contribution in [1.29, 1.82) is 0 Å². The second-order valence-electron chi connectivity index (χ2n) is 6.57. The molecule has 1 aliphatic heterocycles. The van der Waals surface area contributed by atoms with Crippen molar-refractivity contribution < 1.29 is 14.1 Å². The molecule has 1 saturated heterocycles. The molecule has 1 aromatic carbocycles. The number of rotatable bonds is 6. The molecule has 0 spiro atoms. The van der Waals surface area contributed by atoms with Gasteiger partial charge in [-0.15, -0.1) is 0 Å². The van der Waals surface area contributed by atoms with Crippen molar-refractivity contribution in [2.45, 2.75) is 45.6 Å². The molecular weight excluding hydrogens is 318 g/mol. The van der Waals surface area contributed by atoms with E-state index in [2.05, 4.69) is 10.5 Å². The zero-order chi connectivity index (χ0) is 18.0. The van der Waals surface area contributed by atoms with Crippen LogP contribution < -0.4 is 5.32 Å². The van der Waals surface area contributed by atoms with Gasteiger partial charge >= 0.3 is 6.03 Å². The number of imide groups is 1. The van der Waals surface area contributed by atoms with Gasteiger partial charge in [0, 0.05) is 19.0 Å². The highest BCUT2D eigenvalue weighted by atomic mass is 16.5. The van der Waals surface area contributed by atoms with Crippen LogP contribution in [0, 0.1) is 6.92 Å². The Hall–Kier alpha value is -2.63. The van der Waals surface area contributed by atoms with Crippen molar-refractivity contribution in [1.82, 2.24) is 15.4 Å². The number of hydrogen-bond donors (Lipinski definition) is 1. The highest BCUT2D eigenvalue weighted by molar-refractivity contribution is 6.07. The topological polar surface area (TPSA) is 75.4 Å². The summed E-state index contributed by atoms with van der Waals surface area (Å²) in [6, 6.07) is 9.20. The molecule has 0 bridgehead atoms. The Morgan fingerprint density at radius 2 is 2.04 bits per heavy atom. The Balaban J connectivity index is 1.68. The summed E-state index contributed by atoms with van der Waals surface area (Å²) in [5.41, 5.74) is 1.72. The molecule has 2 heterocycles. The number of urea groups is 1. The molecule has 1 aromatic heterocycles.